The lowest BCUT2D eigenvalue weighted by Gasteiger charge is -2.12. The summed E-state index contributed by atoms with van der Waals surface area (Å²) in [5.74, 6) is 0.820. The van der Waals surface area contributed by atoms with Gasteiger partial charge in [0, 0.05) is 11.9 Å². The summed E-state index contributed by atoms with van der Waals surface area (Å²) < 4.78 is 23.6. The van der Waals surface area contributed by atoms with Crippen molar-refractivity contribution in [2.45, 2.75) is 18.1 Å². The molecule has 1 unspecified atom stereocenters. The van der Waals surface area contributed by atoms with E-state index in [1.165, 1.54) is 0 Å². The molecule has 1 fully saturated rings. The largest absolute Gasteiger partial charge is 0.369 e. The van der Waals surface area contributed by atoms with Crippen molar-refractivity contribution in [2.75, 3.05) is 17.6 Å². The van der Waals surface area contributed by atoms with Crippen LogP contribution in [0, 0.1) is 11.3 Å². The van der Waals surface area contributed by atoms with E-state index in [2.05, 4.69) is 16.4 Å². The number of benzene rings is 1. The summed E-state index contributed by atoms with van der Waals surface area (Å²) >= 11 is 0. The van der Waals surface area contributed by atoms with Crippen LogP contribution in [-0.2, 0) is 9.84 Å². The lowest BCUT2D eigenvalue weighted by molar-refractivity contribution is 0.591. The Labute approximate surface area is 123 Å². The number of pyridine rings is 1. The molecule has 108 valence electrons. The van der Waals surface area contributed by atoms with Crippen molar-refractivity contribution in [1.82, 2.24) is 4.98 Å². The number of hydrogen-bond donors (Lipinski definition) is 1. The van der Waals surface area contributed by atoms with E-state index in [0.717, 1.165) is 17.3 Å². The predicted molar refractivity (Wildman–Crippen MR) is 81.8 cm³/mol. The highest BCUT2D eigenvalue weighted by molar-refractivity contribution is 7.92. The fourth-order valence-electron chi connectivity index (χ4n) is 2.66. The van der Waals surface area contributed by atoms with Crippen molar-refractivity contribution in [2.24, 2.45) is 0 Å². The van der Waals surface area contributed by atoms with E-state index in [9.17, 15) is 13.7 Å². The minimum absolute atomic E-state index is 0.272. The maximum atomic E-state index is 11.8. The molecule has 0 spiro atoms. The Morgan fingerprint density at radius 1 is 1.38 bits per heavy atom. The third kappa shape index (κ3) is 2.69. The number of rotatable bonds is 3. The smallest absolute Gasteiger partial charge is 0.154 e. The van der Waals surface area contributed by atoms with Crippen LogP contribution in [0.5, 0.6) is 0 Å². The predicted octanol–water partition coefficient (Wildman–Crippen LogP) is 2.10. The van der Waals surface area contributed by atoms with E-state index < -0.39 is 9.84 Å². The number of sulfone groups is 1. The fourth-order valence-corrected chi connectivity index (χ4v) is 4.43. The van der Waals surface area contributed by atoms with Gasteiger partial charge in [0.2, 0.25) is 0 Å². The number of anilines is 1. The molecule has 21 heavy (non-hydrogen) atoms. The van der Waals surface area contributed by atoms with E-state index >= 15 is 0 Å². The van der Waals surface area contributed by atoms with E-state index in [-0.39, 0.29) is 11.0 Å². The number of nitriles is 1. The second-order valence-corrected chi connectivity index (χ2v) is 7.60. The first kappa shape index (κ1) is 13.8. The Kier molecular flexibility index (Phi) is 3.52. The molecule has 1 aromatic carbocycles. The number of fused-ring (bicyclic) bond motifs is 1. The average molecular weight is 301 g/mol. The minimum Gasteiger partial charge on any atom is -0.369 e. The molecule has 5 nitrogen and oxygen atoms in total. The van der Waals surface area contributed by atoms with Crippen LogP contribution >= 0.6 is 0 Å². The molecule has 1 aliphatic rings. The van der Waals surface area contributed by atoms with Gasteiger partial charge in [0.1, 0.15) is 5.82 Å². The molecule has 0 aliphatic carbocycles. The summed E-state index contributed by atoms with van der Waals surface area (Å²) in [5, 5.41) is 12.7. The van der Waals surface area contributed by atoms with Crippen LogP contribution in [0.25, 0.3) is 10.9 Å². The summed E-state index contributed by atoms with van der Waals surface area (Å²) in [5.41, 5.74) is 1.27. The van der Waals surface area contributed by atoms with Gasteiger partial charge in [-0.1, -0.05) is 18.2 Å². The van der Waals surface area contributed by atoms with Gasteiger partial charge in [-0.05, 0) is 25.0 Å². The first-order valence-corrected chi connectivity index (χ1v) is 8.57. The van der Waals surface area contributed by atoms with Crippen molar-refractivity contribution < 1.29 is 8.42 Å². The van der Waals surface area contributed by atoms with Crippen molar-refractivity contribution in [3.05, 3.63) is 35.9 Å². The van der Waals surface area contributed by atoms with Gasteiger partial charge in [-0.15, -0.1) is 0 Å². The van der Waals surface area contributed by atoms with Gasteiger partial charge < -0.3 is 5.32 Å². The van der Waals surface area contributed by atoms with Crippen LogP contribution < -0.4 is 5.32 Å². The standard InChI is InChI=1S/C15H15N3O2S/c16-9-11-8-15(18-14-6-2-1-5-13(11)14)17-10-12-4-3-7-21(12,19)20/h1-2,5-6,8,12H,3-4,7,10H2,(H,17,18). The molecule has 1 aromatic heterocycles. The molecule has 6 heteroatoms. The maximum absolute atomic E-state index is 11.8. The molecule has 2 aromatic rings. The highest BCUT2D eigenvalue weighted by Gasteiger charge is 2.30. The zero-order valence-electron chi connectivity index (χ0n) is 11.4. The molecule has 0 radical (unpaired) electrons. The Morgan fingerprint density at radius 3 is 2.90 bits per heavy atom. The maximum Gasteiger partial charge on any atom is 0.154 e. The molecule has 0 bridgehead atoms. The first-order chi connectivity index (χ1) is 10.1. The van der Waals surface area contributed by atoms with Gasteiger partial charge in [-0.3, -0.25) is 0 Å². The van der Waals surface area contributed by atoms with E-state index in [4.69, 9.17) is 0 Å². The summed E-state index contributed by atoms with van der Waals surface area (Å²) in [6.45, 7) is 0.346. The first-order valence-electron chi connectivity index (χ1n) is 6.85. The number of nitrogens with zero attached hydrogens (tertiary/aromatic N) is 2. The molecule has 1 N–H and O–H groups in total. The number of hydrogen-bond acceptors (Lipinski definition) is 5. The average Bonchev–Trinajstić information content (AvgIpc) is 2.83. The molecule has 0 saturated carbocycles. The number of para-hydroxylation sites is 1. The number of nitrogens with one attached hydrogen (secondary N) is 1. The Bertz CT molecular complexity index is 824. The number of aromatic nitrogens is 1. The van der Waals surface area contributed by atoms with E-state index in [1.807, 2.05) is 24.3 Å². The Hall–Kier alpha value is -2.13. The minimum atomic E-state index is -2.97. The van der Waals surface area contributed by atoms with Crippen molar-refractivity contribution in [3.8, 4) is 6.07 Å². The third-order valence-electron chi connectivity index (χ3n) is 3.81. The van der Waals surface area contributed by atoms with Crippen LogP contribution in [-0.4, -0.2) is 30.9 Å². The van der Waals surface area contributed by atoms with Gasteiger partial charge in [-0.25, -0.2) is 13.4 Å². The van der Waals surface area contributed by atoms with Crippen molar-refractivity contribution >= 4 is 26.6 Å². The zero-order chi connectivity index (χ0) is 14.9. The monoisotopic (exact) mass is 301 g/mol. The van der Waals surface area contributed by atoms with Crippen LogP contribution in [0.3, 0.4) is 0 Å². The summed E-state index contributed by atoms with van der Waals surface area (Å²) in [6, 6.07) is 11.2. The van der Waals surface area contributed by atoms with E-state index in [0.29, 0.717) is 24.3 Å². The van der Waals surface area contributed by atoms with Gasteiger partial charge >= 0.3 is 0 Å². The molecular formula is C15H15N3O2S. The van der Waals surface area contributed by atoms with Crippen molar-refractivity contribution in [3.63, 3.8) is 0 Å². The van der Waals surface area contributed by atoms with Crippen LogP contribution in [0.15, 0.2) is 30.3 Å². The zero-order valence-corrected chi connectivity index (χ0v) is 12.2. The molecule has 3 rings (SSSR count). The SMILES string of the molecule is N#Cc1cc(NCC2CCCS2(=O)=O)nc2ccccc12. The lowest BCUT2D eigenvalue weighted by atomic mass is 10.1. The summed E-state index contributed by atoms with van der Waals surface area (Å²) in [6.07, 6.45) is 1.41. The second-order valence-electron chi connectivity index (χ2n) is 5.20. The third-order valence-corrected chi connectivity index (χ3v) is 6.09. The van der Waals surface area contributed by atoms with Gasteiger partial charge in [0.05, 0.1) is 28.2 Å². The Morgan fingerprint density at radius 2 is 2.19 bits per heavy atom. The Balaban J connectivity index is 1.86. The van der Waals surface area contributed by atoms with Crippen molar-refractivity contribution in [1.29, 1.82) is 5.26 Å². The molecular weight excluding hydrogens is 286 g/mol. The molecule has 2 heterocycles. The fraction of sp³-hybridized carbons (Fsp3) is 0.333. The molecule has 1 saturated heterocycles. The second kappa shape index (κ2) is 5.34. The van der Waals surface area contributed by atoms with Gasteiger partial charge in [0.15, 0.2) is 9.84 Å². The van der Waals surface area contributed by atoms with E-state index in [1.54, 1.807) is 6.07 Å². The normalized spacial score (nSPS) is 20.2. The van der Waals surface area contributed by atoms with Gasteiger partial charge in [0.25, 0.3) is 0 Å². The molecule has 1 atom stereocenters. The summed E-state index contributed by atoms with van der Waals surface area (Å²) in [7, 11) is -2.97. The van der Waals surface area contributed by atoms with Crippen LogP contribution in [0.4, 0.5) is 5.82 Å². The lowest BCUT2D eigenvalue weighted by Crippen LogP contribution is -2.25. The summed E-state index contributed by atoms with van der Waals surface area (Å²) in [4.78, 5) is 4.44. The van der Waals surface area contributed by atoms with Crippen LogP contribution in [0.1, 0.15) is 18.4 Å². The molecule has 1 aliphatic heterocycles. The highest BCUT2D eigenvalue weighted by Crippen LogP contribution is 2.22. The van der Waals surface area contributed by atoms with Gasteiger partial charge in [-0.2, -0.15) is 5.26 Å². The van der Waals surface area contributed by atoms with Crippen LogP contribution in [0.2, 0.25) is 0 Å². The molecule has 0 amide bonds. The highest BCUT2D eigenvalue weighted by atomic mass is 32.2. The topological polar surface area (TPSA) is 82.9 Å². The quantitative estimate of drug-likeness (QED) is 0.938.